The van der Waals surface area contributed by atoms with Gasteiger partial charge in [-0.3, -0.25) is 4.79 Å². The van der Waals surface area contributed by atoms with E-state index in [-0.39, 0.29) is 11.9 Å². The van der Waals surface area contributed by atoms with Gasteiger partial charge in [0.15, 0.2) is 0 Å². The van der Waals surface area contributed by atoms with E-state index in [0.717, 1.165) is 34.9 Å². The highest BCUT2D eigenvalue weighted by Crippen LogP contribution is 2.25. The van der Waals surface area contributed by atoms with Crippen molar-refractivity contribution < 1.29 is 14.3 Å². The first kappa shape index (κ1) is 17.1. The van der Waals surface area contributed by atoms with E-state index >= 15 is 0 Å². The molecule has 0 aliphatic rings. The van der Waals surface area contributed by atoms with Gasteiger partial charge in [-0.1, -0.05) is 43.3 Å². The Bertz CT molecular complexity index is 688. The zero-order valence-electron chi connectivity index (χ0n) is 14.0. The highest BCUT2D eigenvalue weighted by molar-refractivity contribution is 5.86. The molecule has 0 aliphatic heterocycles. The van der Waals surface area contributed by atoms with E-state index in [1.165, 1.54) is 0 Å². The molecule has 23 heavy (non-hydrogen) atoms. The molecule has 2 aromatic carbocycles. The molecule has 0 radical (unpaired) electrons. The number of esters is 1. The number of ether oxygens (including phenoxy) is 2. The Kier molecular flexibility index (Phi) is 6.21. The molecule has 0 fully saturated rings. The van der Waals surface area contributed by atoms with Gasteiger partial charge in [0, 0.05) is 0 Å². The summed E-state index contributed by atoms with van der Waals surface area (Å²) in [5.74, 6) is 0.386. The molecule has 0 spiro atoms. The van der Waals surface area contributed by atoms with Gasteiger partial charge in [0.25, 0.3) is 0 Å². The molecule has 1 unspecified atom stereocenters. The third-order valence-electron chi connectivity index (χ3n) is 3.86. The molecule has 2 aromatic rings. The van der Waals surface area contributed by atoms with E-state index in [9.17, 15) is 4.79 Å². The van der Waals surface area contributed by atoms with E-state index in [2.05, 4.69) is 13.0 Å². The van der Waals surface area contributed by atoms with Crippen molar-refractivity contribution >= 4 is 16.7 Å². The molecular weight excluding hydrogens is 288 g/mol. The maximum Gasteiger partial charge on any atom is 0.313 e. The molecule has 0 saturated carbocycles. The minimum absolute atomic E-state index is 0.178. The van der Waals surface area contributed by atoms with Crippen LogP contribution >= 0.6 is 0 Å². The molecule has 0 aliphatic carbocycles. The van der Waals surface area contributed by atoms with Gasteiger partial charge >= 0.3 is 5.97 Å². The third-order valence-corrected chi connectivity index (χ3v) is 3.86. The van der Waals surface area contributed by atoms with Gasteiger partial charge in [-0.05, 0) is 48.2 Å². The minimum atomic E-state index is -0.267. The first-order valence-corrected chi connectivity index (χ1v) is 8.05. The van der Waals surface area contributed by atoms with E-state index in [4.69, 9.17) is 9.47 Å². The summed E-state index contributed by atoms with van der Waals surface area (Å²) in [5, 5.41) is 2.19. The third kappa shape index (κ3) is 4.59. The van der Waals surface area contributed by atoms with Crippen molar-refractivity contribution in [3.05, 3.63) is 54.1 Å². The lowest BCUT2D eigenvalue weighted by Crippen LogP contribution is -2.13. The molecule has 1 atom stereocenters. The minimum Gasteiger partial charge on any atom is -0.497 e. The zero-order valence-corrected chi connectivity index (χ0v) is 14.0. The number of hydrogen-bond acceptors (Lipinski definition) is 3. The second-order valence-corrected chi connectivity index (χ2v) is 5.53. The number of allylic oxidation sites excluding steroid dienone is 1. The smallest absolute Gasteiger partial charge is 0.313 e. The zero-order chi connectivity index (χ0) is 16.7. The standard InChI is InChI=1S/C20H24O3/c1-4-5-6-7-12-23-20(21)15(2)16-8-9-18-14-19(22-3)11-10-17(18)13-16/h5-6,8-11,13-15H,4,7,12H2,1-3H3/b6-5-. The summed E-state index contributed by atoms with van der Waals surface area (Å²) in [4.78, 5) is 12.1. The second-order valence-electron chi connectivity index (χ2n) is 5.53. The van der Waals surface area contributed by atoms with Crippen molar-refractivity contribution in [1.29, 1.82) is 0 Å². The normalized spacial score (nSPS) is 12.5. The van der Waals surface area contributed by atoms with Crippen LogP contribution in [0.5, 0.6) is 5.75 Å². The van der Waals surface area contributed by atoms with Crippen LogP contribution in [-0.4, -0.2) is 19.7 Å². The topological polar surface area (TPSA) is 35.5 Å². The molecule has 0 bridgehead atoms. The number of rotatable bonds is 7. The van der Waals surface area contributed by atoms with Crippen LogP contribution in [0.25, 0.3) is 10.8 Å². The van der Waals surface area contributed by atoms with Crippen LogP contribution < -0.4 is 4.74 Å². The summed E-state index contributed by atoms with van der Waals surface area (Å²) in [7, 11) is 1.66. The van der Waals surface area contributed by atoms with Crippen LogP contribution in [0.2, 0.25) is 0 Å². The van der Waals surface area contributed by atoms with E-state index < -0.39 is 0 Å². The van der Waals surface area contributed by atoms with Crippen molar-refractivity contribution in [3.63, 3.8) is 0 Å². The van der Waals surface area contributed by atoms with E-state index in [0.29, 0.717) is 6.61 Å². The summed E-state index contributed by atoms with van der Waals surface area (Å²) in [6, 6.07) is 12.0. The maximum atomic E-state index is 12.1. The fourth-order valence-corrected chi connectivity index (χ4v) is 2.41. The first-order chi connectivity index (χ1) is 11.2. The molecule has 0 N–H and O–H groups in total. The van der Waals surface area contributed by atoms with Crippen LogP contribution in [0, 0.1) is 0 Å². The van der Waals surface area contributed by atoms with Gasteiger partial charge in [-0.2, -0.15) is 0 Å². The average Bonchev–Trinajstić information content (AvgIpc) is 2.59. The van der Waals surface area contributed by atoms with Crippen molar-refractivity contribution in [2.24, 2.45) is 0 Å². The quantitative estimate of drug-likeness (QED) is 0.416. The number of carbonyl (C=O) groups excluding carboxylic acids is 1. The molecule has 2 rings (SSSR count). The van der Waals surface area contributed by atoms with Gasteiger partial charge < -0.3 is 9.47 Å². The monoisotopic (exact) mass is 312 g/mol. The van der Waals surface area contributed by atoms with Crippen molar-refractivity contribution in [2.45, 2.75) is 32.6 Å². The molecule has 3 heteroatoms. The largest absolute Gasteiger partial charge is 0.497 e. The van der Waals surface area contributed by atoms with Crippen LogP contribution in [0.1, 0.15) is 38.2 Å². The highest BCUT2D eigenvalue weighted by Gasteiger charge is 2.16. The van der Waals surface area contributed by atoms with Gasteiger partial charge in [0.05, 0.1) is 19.6 Å². The maximum absolute atomic E-state index is 12.1. The van der Waals surface area contributed by atoms with Gasteiger partial charge in [0.2, 0.25) is 0 Å². The van der Waals surface area contributed by atoms with E-state index in [1.54, 1.807) is 7.11 Å². The summed E-state index contributed by atoms with van der Waals surface area (Å²) in [6.45, 7) is 4.40. The fraction of sp³-hybridized carbons (Fsp3) is 0.350. The molecule has 0 amide bonds. The lowest BCUT2D eigenvalue weighted by Gasteiger charge is -2.12. The van der Waals surface area contributed by atoms with Crippen LogP contribution in [0.15, 0.2) is 48.6 Å². The van der Waals surface area contributed by atoms with Crippen molar-refractivity contribution in [2.75, 3.05) is 13.7 Å². The summed E-state index contributed by atoms with van der Waals surface area (Å²) >= 11 is 0. The molecule has 3 nitrogen and oxygen atoms in total. The lowest BCUT2D eigenvalue weighted by molar-refractivity contribution is -0.144. The first-order valence-electron chi connectivity index (χ1n) is 8.05. The number of methoxy groups -OCH3 is 1. The second kappa shape index (κ2) is 8.37. The Morgan fingerprint density at radius 2 is 1.87 bits per heavy atom. The summed E-state index contributed by atoms with van der Waals surface area (Å²) in [6.07, 6.45) is 5.90. The Balaban J connectivity index is 2.03. The predicted molar refractivity (Wildman–Crippen MR) is 93.9 cm³/mol. The fourth-order valence-electron chi connectivity index (χ4n) is 2.41. The lowest BCUT2D eigenvalue weighted by atomic mass is 9.98. The molecule has 0 heterocycles. The van der Waals surface area contributed by atoms with Gasteiger partial charge in [-0.15, -0.1) is 0 Å². The SMILES string of the molecule is CC/C=C\CCOC(=O)C(C)c1ccc2cc(OC)ccc2c1. The molecular formula is C20H24O3. The number of fused-ring (bicyclic) bond motifs is 1. The Hall–Kier alpha value is -2.29. The van der Waals surface area contributed by atoms with E-state index in [1.807, 2.05) is 49.4 Å². The van der Waals surface area contributed by atoms with Crippen LogP contribution in [0.4, 0.5) is 0 Å². The van der Waals surface area contributed by atoms with Gasteiger partial charge in [-0.25, -0.2) is 0 Å². The molecule has 0 saturated heterocycles. The van der Waals surface area contributed by atoms with Crippen molar-refractivity contribution in [1.82, 2.24) is 0 Å². The predicted octanol–water partition coefficient (Wildman–Crippen LogP) is 4.85. The van der Waals surface area contributed by atoms with Gasteiger partial charge in [0.1, 0.15) is 5.75 Å². The molecule has 122 valence electrons. The summed E-state index contributed by atoms with van der Waals surface area (Å²) < 4.78 is 10.6. The average molecular weight is 312 g/mol. The Morgan fingerprint density at radius 3 is 2.61 bits per heavy atom. The molecule has 0 aromatic heterocycles. The van der Waals surface area contributed by atoms with Crippen molar-refractivity contribution in [3.8, 4) is 5.75 Å². The van der Waals surface area contributed by atoms with Crippen LogP contribution in [0.3, 0.4) is 0 Å². The Morgan fingerprint density at radius 1 is 1.13 bits per heavy atom. The number of carbonyl (C=O) groups is 1. The van der Waals surface area contributed by atoms with Crippen LogP contribution in [-0.2, 0) is 9.53 Å². The Labute approximate surface area is 137 Å². The summed E-state index contributed by atoms with van der Waals surface area (Å²) in [5.41, 5.74) is 0.969. The number of benzene rings is 2. The number of hydrogen-bond donors (Lipinski definition) is 0. The highest BCUT2D eigenvalue weighted by atomic mass is 16.5.